The molecule has 0 aromatic heterocycles. The number of alkyl carbamates (subject to hydrolysis) is 2. The highest BCUT2D eigenvalue weighted by atomic mass is 32.2. The molecule has 12 nitrogen and oxygen atoms in total. The minimum absolute atomic E-state index is 0.00806. The average Bonchev–Trinajstić information content (AvgIpc) is 2.83. The van der Waals surface area contributed by atoms with Crippen LogP contribution in [0.1, 0.15) is 20.3 Å². The van der Waals surface area contributed by atoms with Crippen molar-refractivity contribution in [2.24, 2.45) is 0 Å². The van der Waals surface area contributed by atoms with Gasteiger partial charge in [0.1, 0.15) is 25.9 Å². The van der Waals surface area contributed by atoms with Gasteiger partial charge < -0.3 is 34.3 Å². The molecule has 0 aromatic carbocycles. The van der Waals surface area contributed by atoms with E-state index in [1.165, 1.54) is 13.8 Å². The molecular formula is C22H31F3N2O10S. The van der Waals surface area contributed by atoms with Crippen molar-refractivity contribution in [3.8, 4) is 0 Å². The van der Waals surface area contributed by atoms with Crippen LogP contribution >= 0.6 is 11.8 Å². The van der Waals surface area contributed by atoms with Gasteiger partial charge >= 0.3 is 36.3 Å². The van der Waals surface area contributed by atoms with Gasteiger partial charge in [0.05, 0.1) is 19.5 Å². The van der Waals surface area contributed by atoms with Gasteiger partial charge in [-0.15, -0.1) is 0 Å². The number of carbonyl (C=O) groups excluding carboxylic acids is 5. The van der Waals surface area contributed by atoms with Crippen molar-refractivity contribution < 1.29 is 60.8 Å². The summed E-state index contributed by atoms with van der Waals surface area (Å²) in [5.41, 5.74) is 0.363. The van der Waals surface area contributed by atoms with Gasteiger partial charge in [0.25, 0.3) is 0 Å². The van der Waals surface area contributed by atoms with Crippen LogP contribution in [0.25, 0.3) is 0 Å². The zero-order chi connectivity index (χ0) is 29.1. The first-order valence-corrected chi connectivity index (χ1v) is 12.2. The lowest BCUT2D eigenvalue weighted by molar-refractivity contribution is -0.185. The van der Waals surface area contributed by atoms with Crippen LogP contribution in [0.4, 0.5) is 22.8 Å². The van der Waals surface area contributed by atoms with Gasteiger partial charge in [-0.25, -0.2) is 19.2 Å². The number of esters is 3. The summed E-state index contributed by atoms with van der Waals surface area (Å²) in [6.45, 7) is 7.16. The maximum absolute atomic E-state index is 12.1. The third kappa shape index (κ3) is 19.7. The molecular weight excluding hydrogens is 541 g/mol. The van der Waals surface area contributed by atoms with Crippen molar-refractivity contribution in [1.29, 1.82) is 0 Å². The van der Waals surface area contributed by atoms with Crippen molar-refractivity contribution in [3.63, 3.8) is 0 Å². The van der Waals surface area contributed by atoms with Gasteiger partial charge in [-0.2, -0.15) is 24.9 Å². The number of rotatable bonds is 17. The monoisotopic (exact) mass is 572 g/mol. The van der Waals surface area contributed by atoms with Crippen LogP contribution in [-0.4, -0.2) is 93.4 Å². The molecule has 0 aliphatic carbocycles. The Kier molecular flexibility index (Phi) is 17.1. The van der Waals surface area contributed by atoms with E-state index in [2.05, 4.69) is 28.5 Å². The SMILES string of the molecule is C=C(C)C(=O)OCCNC(=O)OCC(CSCCC(=O)OCC(F)(F)F)OC(=O)NCCOC(=O)C(=C)C. The zero-order valence-corrected chi connectivity index (χ0v) is 21.8. The number of nitrogens with one attached hydrogen (secondary N) is 2. The summed E-state index contributed by atoms with van der Waals surface area (Å²) in [6, 6.07) is 0. The lowest BCUT2D eigenvalue weighted by Gasteiger charge is -2.18. The van der Waals surface area contributed by atoms with Gasteiger partial charge in [0, 0.05) is 22.7 Å². The number of thioether (sulfide) groups is 1. The molecule has 0 fully saturated rings. The average molecular weight is 573 g/mol. The fourth-order valence-electron chi connectivity index (χ4n) is 1.97. The van der Waals surface area contributed by atoms with Crippen LogP contribution in [0.2, 0.25) is 0 Å². The molecule has 0 aliphatic rings. The number of carbonyl (C=O) groups is 5. The van der Waals surface area contributed by atoms with E-state index in [9.17, 15) is 37.1 Å². The second kappa shape index (κ2) is 18.8. The molecule has 0 saturated heterocycles. The van der Waals surface area contributed by atoms with Gasteiger partial charge in [-0.3, -0.25) is 4.79 Å². The fraction of sp³-hybridized carbons (Fsp3) is 0.591. The Hall–Kier alpha value is -3.43. The minimum atomic E-state index is -4.64. The predicted molar refractivity (Wildman–Crippen MR) is 128 cm³/mol. The highest BCUT2D eigenvalue weighted by Gasteiger charge is 2.29. The summed E-state index contributed by atoms with van der Waals surface area (Å²) in [7, 11) is 0. The molecule has 16 heteroatoms. The van der Waals surface area contributed by atoms with Gasteiger partial charge in [0.2, 0.25) is 0 Å². The Morgan fingerprint density at radius 2 is 1.37 bits per heavy atom. The molecule has 1 unspecified atom stereocenters. The topological polar surface area (TPSA) is 156 Å². The molecule has 0 aliphatic heterocycles. The summed E-state index contributed by atoms with van der Waals surface area (Å²) < 4.78 is 60.1. The van der Waals surface area contributed by atoms with Gasteiger partial charge in [-0.1, -0.05) is 13.2 Å². The smallest absolute Gasteiger partial charge is 0.422 e. The molecule has 0 spiro atoms. The van der Waals surface area contributed by atoms with Crippen LogP contribution < -0.4 is 10.6 Å². The number of alkyl halides is 3. The molecule has 1 atom stereocenters. The normalized spacial score (nSPS) is 11.4. The largest absolute Gasteiger partial charge is 0.460 e. The molecule has 0 heterocycles. The maximum Gasteiger partial charge on any atom is 0.422 e. The molecule has 0 aromatic rings. The first-order valence-electron chi connectivity index (χ1n) is 11.0. The van der Waals surface area contributed by atoms with E-state index < -0.39 is 55.6 Å². The third-order valence-electron chi connectivity index (χ3n) is 3.73. The standard InChI is InChI=1S/C22H31F3N2O10S/c1-14(2)18(29)33-8-6-26-20(31)35-11-16(12-38-10-5-17(28)36-13-22(23,24)25)37-21(32)27-7-9-34-19(30)15(3)4/h16H,1,3,5-13H2,2,4H3,(H,26,31)(H,27,32). The van der Waals surface area contributed by atoms with Crippen LogP contribution in [0.3, 0.4) is 0 Å². The summed E-state index contributed by atoms with van der Waals surface area (Å²) >= 11 is 1.04. The zero-order valence-electron chi connectivity index (χ0n) is 21.0. The second-order valence-corrected chi connectivity index (χ2v) is 8.56. The number of ether oxygens (including phenoxy) is 5. The van der Waals surface area contributed by atoms with E-state index in [4.69, 9.17) is 18.9 Å². The number of halogens is 3. The van der Waals surface area contributed by atoms with Crippen molar-refractivity contribution in [1.82, 2.24) is 10.6 Å². The fourth-order valence-corrected chi connectivity index (χ4v) is 2.88. The Morgan fingerprint density at radius 3 is 1.87 bits per heavy atom. The number of amides is 2. The first-order chi connectivity index (χ1) is 17.7. The summed E-state index contributed by atoms with van der Waals surface area (Å²) in [4.78, 5) is 57.9. The predicted octanol–water partition coefficient (Wildman–Crippen LogP) is 2.27. The Balaban J connectivity index is 4.59. The van der Waals surface area contributed by atoms with Crippen molar-refractivity contribution in [2.75, 3.05) is 51.0 Å². The minimum Gasteiger partial charge on any atom is -0.460 e. The Morgan fingerprint density at radius 1 is 0.842 bits per heavy atom. The lowest BCUT2D eigenvalue weighted by Crippen LogP contribution is -2.37. The van der Waals surface area contributed by atoms with Crippen LogP contribution in [0.15, 0.2) is 24.3 Å². The van der Waals surface area contributed by atoms with Crippen molar-refractivity contribution in [2.45, 2.75) is 32.5 Å². The summed E-state index contributed by atoms with van der Waals surface area (Å²) in [5, 5.41) is 4.64. The molecule has 2 amide bonds. The lowest BCUT2D eigenvalue weighted by atomic mass is 10.4. The van der Waals surface area contributed by atoms with Gasteiger partial charge in [-0.05, 0) is 13.8 Å². The first kappa shape index (κ1) is 34.6. The van der Waals surface area contributed by atoms with E-state index in [0.29, 0.717) is 0 Å². The molecule has 0 bridgehead atoms. The Labute approximate surface area is 221 Å². The molecule has 0 saturated carbocycles. The summed E-state index contributed by atoms with van der Waals surface area (Å²) in [6.07, 6.45) is -7.82. The molecule has 216 valence electrons. The van der Waals surface area contributed by atoms with E-state index >= 15 is 0 Å². The van der Waals surface area contributed by atoms with E-state index in [-0.39, 0.29) is 55.4 Å². The summed E-state index contributed by atoms with van der Waals surface area (Å²) in [5.74, 6) is -2.29. The third-order valence-corrected chi connectivity index (χ3v) is 4.83. The van der Waals surface area contributed by atoms with E-state index in [1.807, 2.05) is 0 Å². The van der Waals surface area contributed by atoms with Crippen LogP contribution in [0, 0.1) is 0 Å². The maximum atomic E-state index is 12.1. The molecule has 0 rings (SSSR count). The van der Waals surface area contributed by atoms with E-state index in [1.54, 1.807) is 0 Å². The highest BCUT2D eigenvalue weighted by Crippen LogP contribution is 2.15. The van der Waals surface area contributed by atoms with Crippen molar-refractivity contribution in [3.05, 3.63) is 24.3 Å². The van der Waals surface area contributed by atoms with Crippen LogP contribution in [-0.2, 0) is 38.1 Å². The second-order valence-electron chi connectivity index (χ2n) is 7.41. The van der Waals surface area contributed by atoms with Crippen LogP contribution in [0.5, 0.6) is 0 Å². The molecule has 0 radical (unpaired) electrons. The quantitative estimate of drug-likeness (QED) is 0.114. The molecule has 2 N–H and O–H groups in total. The van der Waals surface area contributed by atoms with Gasteiger partial charge in [0.15, 0.2) is 6.61 Å². The Bertz CT molecular complexity index is 852. The van der Waals surface area contributed by atoms with Crippen molar-refractivity contribution >= 4 is 41.9 Å². The number of hydrogen-bond acceptors (Lipinski definition) is 11. The van der Waals surface area contributed by atoms with E-state index in [0.717, 1.165) is 11.8 Å². The molecule has 38 heavy (non-hydrogen) atoms. The number of hydrogen-bond donors (Lipinski definition) is 2. The highest BCUT2D eigenvalue weighted by molar-refractivity contribution is 7.99.